The summed E-state index contributed by atoms with van der Waals surface area (Å²) in [5, 5.41) is 8.51. The number of amides is 1. The highest BCUT2D eigenvalue weighted by Gasteiger charge is 2.26. The van der Waals surface area contributed by atoms with Crippen LogP contribution < -0.4 is 10.2 Å². The second kappa shape index (κ2) is 9.02. The summed E-state index contributed by atoms with van der Waals surface area (Å²) in [6.07, 6.45) is 5.28. The first-order valence-electron chi connectivity index (χ1n) is 9.82. The Bertz CT molecular complexity index is 1040. The molecule has 7 nitrogen and oxygen atoms in total. The van der Waals surface area contributed by atoms with Gasteiger partial charge in [0.05, 0.1) is 17.8 Å². The number of hydrogen-bond donors (Lipinski definition) is 1. The Labute approximate surface area is 185 Å². The molecule has 0 bridgehead atoms. The molecule has 1 atom stereocenters. The van der Waals surface area contributed by atoms with Crippen molar-refractivity contribution in [3.05, 3.63) is 69.7 Å². The third-order valence-corrected chi connectivity index (χ3v) is 5.91. The maximum atomic E-state index is 13.0. The first-order chi connectivity index (χ1) is 14.5. The minimum absolute atomic E-state index is 0.0163. The minimum Gasteiger partial charge on any atom is -0.347 e. The van der Waals surface area contributed by atoms with Gasteiger partial charge < -0.3 is 10.2 Å². The largest absolute Gasteiger partial charge is 0.347 e. The molecule has 0 radical (unpaired) electrons. The molecule has 1 unspecified atom stereocenters. The fraction of sp³-hybridized carbons (Fsp3) is 0.333. The van der Waals surface area contributed by atoms with Crippen LogP contribution in [0.1, 0.15) is 34.5 Å². The van der Waals surface area contributed by atoms with Crippen molar-refractivity contribution in [1.82, 2.24) is 25.1 Å². The van der Waals surface area contributed by atoms with Crippen LogP contribution in [-0.4, -0.2) is 44.8 Å². The predicted molar refractivity (Wildman–Crippen MR) is 117 cm³/mol. The van der Waals surface area contributed by atoms with Gasteiger partial charge >= 0.3 is 0 Å². The van der Waals surface area contributed by atoms with Crippen LogP contribution in [0.4, 0.5) is 5.95 Å². The van der Waals surface area contributed by atoms with Crippen LogP contribution >= 0.6 is 23.2 Å². The molecule has 4 rings (SSSR count). The number of hydrogen-bond acceptors (Lipinski definition) is 5. The van der Waals surface area contributed by atoms with Crippen LogP contribution in [0.15, 0.2) is 42.7 Å². The van der Waals surface area contributed by atoms with E-state index in [0.29, 0.717) is 40.5 Å². The summed E-state index contributed by atoms with van der Waals surface area (Å²) in [7, 11) is 0. The molecule has 1 amide bonds. The van der Waals surface area contributed by atoms with Crippen molar-refractivity contribution < 1.29 is 4.79 Å². The topological polar surface area (TPSA) is 75.9 Å². The normalized spacial score (nSPS) is 16.5. The fourth-order valence-corrected chi connectivity index (χ4v) is 4.21. The van der Waals surface area contributed by atoms with E-state index in [9.17, 15) is 4.79 Å². The summed E-state index contributed by atoms with van der Waals surface area (Å²) in [5.41, 5.74) is 1.88. The van der Waals surface area contributed by atoms with Gasteiger partial charge in [-0.05, 0) is 37.5 Å². The van der Waals surface area contributed by atoms with Crippen LogP contribution in [0.2, 0.25) is 10.2 Å². The van der Waals surface area contributed by atoms with Crippen LogP contribution in [0.5, 0.6) is 0 Å². The quantitative estimate of drug-likeness (QED) is 0.648. The van der Waals surface area contributed by atoms with Crippen molar-refractivity contribution in [1.29, 1.82) is 0 Å². The van der Waals surface area contributed by atoms with Crippen molar-refractivity contribution in [2.45, 2.75) is 32.4 Å². The van der Waals surface area contributed by atoms with E-state index in [1.165, 1.54) is 0 Å². The number of nitrogens with zero attached hydrogens (tertiary/aromatic N) is 5. The Morgan fingerprint density at radius 3 is 2.73 bits per heavy atom. The molecule has 1 fully saturated rings. The van der Waals surface area contributed by atoms with Crippen molar-refractivity contribution >= 4 is 35.1 Å². The third-order valence-electron chi connectivity index (χ3n) is 5.16. The van der Waals surface area contributed by atoms with E-state index < -0.39 is 0 Å². The maximum absolute atomic E-state index is 13.0. The molecule has 156 valence electrons. The molecule has 0 spiro atoms. The third kappa shape index (κ3) is 4.42. The minimum atomic E-state index is -0.219. The van der Waals surface area contributed by atoms with Gasteiger partial charge in [-0.2, -0.15) is 5.10 Å². The lowest BCUT2D eigenvalue weighted by Gasteiger charge is -2.33. The van der Waals surface area contributed by atoms with Crippen molar-refractivity contribution in [3.63, 3.8) is 0 Å². The monoisotopic (exact) mass is 444 g/mol. The summed E-state index contributed by atoms with van der Waals surface area (Å²) in [6.45, 7) is 3.70. The highest BCUT2D eigenvalue weighted by Crippen LogP contribution is 2.24. The van der Waals surface area contributed by atoms with E-state index in [-0.39, 0.29) is 11.9 Å². The number of carbonyl (C=O) groups is 1. The molecule has 1 aliphatic rings. The van der Waals surface area contributed by atoms with Crippen LogP contribution in [0.3, 0.4) is 0 Å². The Morgan fingerprint density at radius 1 is 1.20 bits per heavy atom. The molecule has 0 saturated carbocycles. The van der Waals surface area contributed by atoms with Gasteiger partial charge in [-0.1, -0.05) is 41.4 Å². The van der Waals surface area contributed by atoms with Crippen molar-refractivity contribution in [2.75, 3.05) is 18.0 Å². The second-order valence-corrected chi connectivity index (χ2v) is 8.07. The van der Waals surface area contributed by atoms with Gasteiger partial charge in [0.1, 0.15) is 5.15 Å². The molecular formula is C21H22Cl2N6O. The summed E-state index contributed by atoms with van der Waals surface area (Å²) in [6, 6.07) is 9.28. The average Bonchev–Trinajstić information content (AvgIpc) is 3.03. The SMILES string of the molecule is Cc1nn(Cc2ccccc2Cl)c(Cl)c1C(=O)NC1CCCN(c2ncccn2)C1. The van der Waals surface area contributed by atoms with Gasteiger partial charge in [-0.3, -0.25) is 4.79 Å². The Morgan fingerprint density at radius 2 is 1.97 bits per heavy atom. The van der Waals surface area contributed by atoms with Crippen molar-refractivity contribution in [3.8, 4) is 0 Å². The Kier molecular flexibility index (Phi) is 6.20. The molecule has 0 aliphatic carbocycles. The van der Waals surface area contributed by atoms with Crippen molar-refractivity contribution in [2.24, 2.45) is 0 Å². The lowest BCUT2D eigenvalue weighted by atomic mass is 10.1. The predicted octanol–water partition coefficient (Wildman–Crippen LogP) is 3.74. The molecule has 30 heavy (non-hydrogen) atoms. The highest BCUT2D eigenvalue weighted by atomic mass is 35.5. The van der Waals surface area contributed by atoms with E-state index in [0.717, 1.165) is 24.9 Å². The van der Waals surface area contributed by atoms with Gasteiger partial charge in [-0.15, -0.1) is 0 Å². The van der Waals surface area contributed by atoms with E-state index in [1.807, 2.05) is 24.3 Å². The summed E-state index contributed by atoms with van der Waals surface area (Å²) < 4.78 is 1.61. The Hall–Kier alpha value is -2.64. The molecule has 3 aromatic rings. The molecule has 1 aliphatic heterocycles. The summed E-state index contributed by atoms with van der Waals surface area (Å²) in [5.74, 6) is 0.460. The summed E-state index contributed by atoms with van der Waals surface area (Å²) in [4.78, 5) is 23.7. The molecule has 2 aromatic heterocycles. The van der Waals surface area contributed by atoms with Crippen LogP contribution in [-0.2, 0) is 6.54 Å². The number of halogens is 2. The van der Waals surface area contributed by atoms with Gasteiger partial charge in [0.25, 0.3) is 5.91 Å². The number of aromatic nitrogens is 4. The molecule has 1 aromatic carbocycles. The number of rotatable bonds is 5. The van der Waals surface area contributed by atoms with E-state index >= 15 is 0 Å². The number of nitrogens with one attached hydrogen (secondary N) is 1. The average molecular weight is 445 g/mol. The van der Waals surface area contributed by atoms with Gasteiger partial charge in [0, 0.05) is 36.5 Å². The fourth-order valence-electron chi connectivity index (χ4n) is 3.69. The molecule has 9 heteroatoms. The molecular weight excluding hydrogens is 423 g/mol. The first kappa shape index (κ1) is 20.6. The van der Waals surface area contributed by atoms with Gasteiger partial charge in [0.2, 0.25) is 5.95 Å². The second-order valence-electron chi connectivity index (χ2n) is 7.31. The van der Waals surface area contributed by atoms with E-state index in [1.54, 1.807) is 30.1 Å². The van der Waals surface area contributed by atoms with Gasteiger partial charge in [-0.25, -0.2) is 14.6 Å². The number of carbonyl (C=O) groups excluding carboxylic acids is 1. The standard InChI is InChI=1S/C21H22Cl2N6O/c1-14-18(19(23)29(27-14)12-15-6-2-3-8-17(15)22)20(30)26-16-7-4-11-28(13-16)21-24-9-5-10-25-21/h2-3,5-6,8-10,16H,4,7,11-13H2,1H3,(H,26,30). The molecule has 3 heterocycles. The van der Waals surface area contributed by atoms with E-state index in [2.05, 4.69) is 25.3 Å². The highest BCUT2D eigenvalue weighted by molar-refractivity contribution is 6.33. The first-order valence-corrected chi connectivity index (χ1v) is 10.6. The van der Waals surface area contributed by atoms with Crippen LogP contribution in [0, 0.1) is 6.92 Å². The zero-order valence-electron chi connectivity index (χ0n) is 16.6. The van der Waals surface area contributed by atoms with E-state index in [4.69, 9.17) is 23.2 Å². The number of anilines is 1. The number of piperidine rings is 1. The number of aryl methyl sites for hydroxylation is 1. The zero-order valence-corrected chi connectivity index (χ0v) is 18.1. The lowest BCUT2D eigenvalue weighted by Crippen LogP contribution is -2.48. The lowest BCUT2D eigenvalue weighted by molar-refractivity contribution is 0.0932. The number of benzene rings is 1. The van der Waals surface area contributed by atoms with Gasteiger partial charge in [0.15, 0.2) is 0 Å². The Balaban J connectivity index is 1.47. The molecule has 1 N–H and O–H groups in total. The zero-order chi connectivity index (χ0) is 21.1. The maximum Gasteiger partial charge on any atom is 0.256 e. The smallest absolute Gasteiger partial charge is 0.256 e. The summed E-state index contributed by atoms with van der Waals surface area (Å²) >= 11 is 12.8. The van der Waals surface area contributed by atoms with Crippen LogP contribution in [0.25, 0.3) is 0 Å². The molecule has 1 saturated heterocycles.